The number of rotatable bonds is 2. The number of anilines is 1. The van der Waals surface area contributed by atoms with Crippen LogP contribution in [0.25, 0.3) is 0 Å². The van der Waals surface area contributed by atoms with Gasteiger partial charge in [0.1, 0.15) is 0 Å². The van der Waals surface area contributed by atoms with Gasteiger partial charge in [-0.1, -0.05) is 11.6 Å². The normalized spacial score (nSPS) is 31.6. The monoisotopic (exact) mass is 320 g/mol. The Hall–Kier alpha value is -0.920. The minimum Gasteiger partial charge on any atom is -0.380 e. The van der Waals surface area contributed by atoms with Gasteiger partial charge in [-0.2, -0.15) is 0 Å². The lowest BCUT2D eigenvalue weighted by Crippen LogP contribution is -2.29. The molecule has 110 valence electrons. The van der Waals surface area contributed by atoms with Crippen LogP contribution >= 0.6 is 11.6 Å². The minimum atomic E-state index is -3.20. The second-order valence-corrected chi connectivity index (χ2v) is 7.83. The van der Waals surface area contributed by atoms with Crippen LogP contribution in [0.1, 0.15) is 0 Å². The molecule has 2 saturated heterocycles. The lowest BCUT2D eigenvalue weighted by molar-refractivity contribution is 0.0870. The van der Waals surface area contributed by atoms with E-state index in [2.05, 4.69) is 4.98 Å². The predicted molar refractivity (Wildman–Crippen MR) is 73.3 cm³/mol. The van der Waals surface area contributed by atoms with Gasteiger partial charge < -0.3 is 9.64 Å². The molecule has 3 atom stereocenters. The number of hydrogen-bond acceptors (Lipinski definition) is 5. The van der Waals surface area contributed by atoms with Gasteiger partial charge in [-0.3, -0.25) is 4.98 Å². The maximum atomic E-state index is 13.9. The Labute approximate surface area is 121 Å². The van der Waals surface area contributed by atoms with Crippen molar-refractivity contribution in [1.82, 2.24) is 4.98 Å². The largest absolute Gasteiger partial charge is 0.380 e. The van der Waals surface area contributed by atoms with Crippen molar-refractivity contribution in [2.24, 2.45) is 5.92 Å². The maximum absolute atomic E-state index is 13.9. The first-order valence-electron chi connectivity index (χ1n) is 6.22. The smallest absolute Gasteiger partial charge is 0.166 e. The summed E-state index contributed by atoms with van der Waals surface area (Å²) in [6.45, 7) is 0.663. The molecule has 2 aliphatic rings. The summed E-state index contributed by atoms with van der Waals surface area (Å²) in [5.41, 5.74) is 0.223. The van der Waals surface area contributed by atoms with E-state index in [1.165, 1.54) is 13.3 Å². The highest BCUT2D eigenvalue weighted by atomic mass is 35.5. The summed E-state index contributed by atoms with van der Waals surface area (Å²) < 4.78 is 43.4. The standard InChI is InChI=1S/C12H14ClFN2O3S/c1-19-10-6-20(17,18)11-5-16(4-7(10)11)12-8(13)2-15-3-9(12)14/h2-3,7,10-11H,4-6H2,1H3/t7-,10+,11-/m0/s1. The number of methoxy groups -OCH3 is 1. The van der Waals surface area contributed by atoms with Crippen molar-refractivity contribution in [1.29, 1.82) is 0 Å². The molecule has 0 bridgehead atoms. The van der Waals surface area contributed by atoms with Crippen LogP contribution in [0.4, 0.5) is 10.1 Å². The van der Waals surface area contributed by atoms with Gasteiger partial charge in [-0.25, -0.2) is 12.8 Å². The number of sulfone groups is 1. The Morgan fingerprint density at radius 3 is 2.85 bits per heavy atom. The molecule has 0 radical (unpaired) electrons. The molecule has 0 aliphatic carbocycles. The van der Waals surface area contributed by atoms with E-state index in [4.69, 9.17) is 16.3 Å². The lowest BCUT2D eigenvalue weighted by atomic mass is 10.0. The van der Waals surface area contributed by atoms with Crippen molar-refractivity contribution < 1.29 is 17.5 Å². The van der Waals surface area contributed by atoms with Gasteiger partial charge in [0.05, 0.1) is 34.0 Å². The van der Waals surface area contributed by atoms with Gasteiger partial charge >= 0.3 is 0 Å². The minimum absolute atomic E-state index is 0.0409. The molecule has 2 fully saturated rings. The third-order valence-electron chi connectivity index (χ3n) is 4.09. The van der Waals surface area contributed by atoms with Crippen molar-refractivity contribution in [2.45, 2.75) is 11.4 Å². The molecule has 8 heteroatoms. The molecule has 0 N–H and O–H groups in total. The summed E-state index contributed by atoms with van der Waals surface area (Å²) in [5.74, 6) is -0.642. The number of aromatic nitrogens is 1. The topological polar surface area (TPSA) is 59.5 Å². The van der Waals surface area contributed by atoms with E-state index < -0.39 is 20.9 Å². The zero-order chi connectivity index (χ0) is 14.5. The third-order valence-corrected chi connectivity index (χ3v) is 6.58. The van der Waals surface area contributed by atoms with Crippen LogP contribution in [0.5, 0.6) is 0 Å². The summed E-state index contributed by atoms with van der Waals surface area (Å²) in [6, 6.07) is 0. The van der Waals surface area contributed by atoms with Crippen LogP contribution in [0, 0.1) is 11.7 Å². The average Bonchev–Trinajstić information content (AvgIpc) is 2.89. The van der Waals surface area contributed by atoms with E-state index in [1.54, 1.807) is 4.90 Å². The predicted octanol–water partition coefficient (Wildman–Crippen LogP) is 1.12. The molecule has 5 nitrogen and oxygen atoms in total. The van der Waals surface area contributed by atoms with E-state index >= 15 is 0 Å². The van der Waals surface area contributed by atoms with Gasteiger partial charge in [-0.05, 0) is 0 Å². The van der Waals surface area contributed by atoms with Gasteiger partial charge in [0, 0.05) is 32.3 Å². The lowest BCUT2D eigenvalue weighted by Gasteiger charge is -2.22. The van der Waals surface area contributed by atoms with Crippen LogP contribution in [-0.2, 0) is 14.6 Å². The Bertz CT molecular complexity index is 619. The van der Waals surface area contributed by atoms with E-state index in [1.807, 2.05) is 0 Å². The third kappa shape index (κ3) is 2.08. The molecular weight excluding hydrogens is 307 g/mol. The van der Waals surface area contributed by atoms with Crippen molar-refractivity contribution in [3.63, 3.8) is 0 Å². The zero-order valence-corrected chi connectivity index (χ0v) is 12.4. The first-order chi connectivity index (χ1) is 9.44. The fourth-order valence-corrected chi connectivity index (χ4v) is 5.70. The summed E-state index contributed by atoms with van der Waals surface area (Å²) in [4.78, 5) is 5.35. The van der Waals surface area contributed by atoms with E-state index in [0.717, 1.165) is 6.20 Å². The van der Waals surface area contributed by atoms with Crippen LogP contribution in [-0.4, -0.2) is 50.7 Å². The highest BCUT2D eigenvalue weighted by Gasteiger charge is 2.52. The fourth-order valence-electron chi connectivity index (χ4n) is 3.14. The summed E-state index contributed by atoms with van der Waals surface area (Å²) in [5, 5.41) is -0.326. The van der Waals surface area contributed by atoms with Crippen LogP contribution < -0.4 is 4.90 Å². The van der Waals surface area contributed by atoms with E-state index in [9.17, 15) is 12.8 Å². The molecule has 0 saturated carbocycles. The van der Waals surface area contributed by atoms with E-state index in [-0.39, 0.29) is 35.0 Å². The molecule has 3 rings (SSSR count). The van der Waals surface area contributed by atoms with Crippen molar-refractivity contribution in [3.05, 3.63) is 23.2 Å². The first-order valence-corrected chi connectivity index (χ1v) is 8.31. The van der Waals surface area contributed by atoms with Crippen LogP contribution in [0.3, 0.4) is 0 Å². The van der Waals surface area contributed by atoms with Crippen molar-refractivity contribution >= 4 is 27.1 Å². The second kappa shape index (κ2) is 4.82. The Balaban J connectivity index is 1.94. The molecular formula is C12H14ClFN2O3S. The molecule has 1 aromatic heterocycles. The number of pyridine rings is 1. The number of halogens is 2. The number of hydrogen-bond donors (Lipinski definition) is 0. The van der Waals surface area contributed by atoms with Gasteiger partial charge in [0.25, 0.3) is 0 Å². The maximum Gasteiger partial charge on any atom is 0.166 e. The molecule has 0 aromatic carbocycles. The summed E-state index contributed by atoms with van der Waals surface area (Å²) in [6.07, 6.45) is 2.10. The molecule has 0 spiro atoms. The average molecular weight is 321 g/mol. The van der Waals surface area contributed by atoms with Crippen molar-refractivity contribution in [3.8, 4) is 0 Å². The summed E-state index contributed by atoms with van der Waals surface area (Å²) >= 11 is 5.98. The second-order valence-electron chi connectivity index (χ2n) is 5.16. The van der Waals surface area contributed by atoms with Gasteiger partial charge in [0.2, 0.25) is 0 Å². The summed E-state index contributed by atoms with van der Waals surface area (Å²) in [7, 11) is -1.69. The van der Waals surface area contributed by atoms with Crippen molar-refractivity contribution in [2.75, 3.05) is 30.9 Å². The number of ether oxygens (including phenoxy) is 1. The number of fused-ring (bicyclic) bond motifs is 1. The number of nitrogens with zero attached hydrogens (tertiary/aromatic N) is 2. The van der Waals surface area contributed by atoms with Gasteiger partial charge in [0.15, 0.2) is 15.7 Å². The molecule has 20 heavy (non-hydrogen) atoms. The first kappa shape index (κ1) is 14.0. The molecule has 3 heterocycles. The highest BCUT2D eigenvalue weighted by Crippen LogP contribution is 2.39. The van der Waals surface area contributed by atoms with Crippen LogP contribution in [0.15, 0.2) is 12.4 Å². The Morgan fingerprint density at radius 1 is 1.45 bits per heavy atom. The zero-order valence-electron chi connectivity index (χ0n) is 10.8. The van der Waals surface area contributed by atoms with Crippen LogP contribution in [0.2, 0.25) is 5.02 Å². The molecule has 1 aromatic rings. The Kier molecular flexibility index (Phi) is 3.38. The van der Waals surface area contributed by atoms with Gasteiger partial charge in [-0.15, -0.1) is 0 Å². The van der Waals surface area contributed by atoms with E-state index in [0.29, 0.717) is 6.54 Å². The Morgan fingerprint density at radius 2 is 2.20 bits per heavy atom. The highest BCUT2D eigenvalue weighted by molar-refractivity contribution is 7.92. The SMILES string of the molecule is CO[C@@H]1CS(=O)(=O)[C@H]2CN(c3c(F)cncc3Cl)C[C@@H]12. The quantitative estimate of drug-likeness (QED) is 0.817. The molecule has 0 amide bonds. The molecule has 2 aliphatic heterocycles. The fraction of sp³-hybridized carbons (Fsp3) is 0.583. The molecule has 0 unspecified atom stereocenters.